The Kier molecular flexibility index (Phi) is 6.83. The van der Waals surface area contributed by atoms with Crippen molar-refractivity contribution in [2.24, 2.45) is 5.92 Å². The van der Waals surface area contributed by atoms with Gasteiger partial charge in [-0.1, -0.05) is 24.3 Å². The van der Waals surface area contributed by atoms with Crippen LogP contribution >= 0.6 is 0 Å². The zero-order valence-corrected chi connectivity index (χ0v) is 22.2. The standard InChI is InChI=1S/C31H26F3N5O2/c1-18(39-28-25(13-27(32)30(39)40)24-11-20(14-35)5-6-26(24)31(28,33)34)21-3-2-4-22(12-21)29-37-15-23(16-38-29)41-17-19-7-9-36-10-8-19/h2-6,11-13,15-16,18-19,36H,7-10,17H2,1H3. The maximum Gasteiger partial charge on any atom is 0.314 e. The summed E-state index contributed by atoms with van der Waals surface area (Å²) < 4.78 is 53.2. The van der Waals surface area contributed by atoms with E-state index in [1.165, 1.54) is 12.1 Å². The molecule has 1 fully saturated rings. The van der Waals surface area contributed by atoms with Gasteiger partial charge in [0.05, 0.1) is 36.7 Å². The minimum atomic E-state index is -3.57. The molecule has 6 rings (SSSR count). The van der Waals surface area contributed by atoms with Crippen molar-refractivity contribution in [2.45, 2.75) is 31.7 Å². The van der Waals surface area contributed by atoms with Crippen molar-refractivity contribution < 1.29 is 17.9 Å². The molecule has 1 aliphatic carbocycles. The fourth-order valence-corrected chi connectivity index (χ4v) is 5.63. The molecule has 0 radical (unpaired) electrons. The number of ether oxygens (including phenoxy) is 1. The van der Waals surface area contributed by atoms with Gasteiger partial charge < -0.3 is 10.1 Å². The number of benzene rings is 2. The highest BCUT2D eigenvalue weighted by atomic mass is 19.3. The second kappa shape index (κ2) is 10.5. The number of aromatic nitrogens is 3. The summed E-state index contributed by atoms with van der Waals surface area (Å²) in [6.45, 7) is 4.12. The second-order valence-electron chi connectivity index (χ2n) is 10.4. The highest BCUT2D eigenvalue weighted by molar-refractivity contribution is 5.79. The first-order valence-electron chi connectivity index (χ1n) is 13.4. The molecule has 0 bridgehead atoms. The zero-order chi connectivity index (χ0) is 28.7. The number of pyridine rings is 1. The van der Waals surface area contributed by atoms with Crippen LogP contribution in [0.4, 0.5) is 13.2 Å². The highest BCUT2D eigenvalue weighted by Gasteiger charge is 2.48. The van der Waals surface area contributed by atoms with Gasteiger partial charge in [-0.2, -0.15) is 14.0 Å². The average molecular weight is 558 g/mol. The summed E-state index contributed by atoms with van der Waals surface area (Å²) in [6.07, 6.45) is 5.30. The third-order valence-corrected chi connectivity index (χ3v) is 7.85. The molecule has 0 saturated carbocycles. The maximum atomic E-state index is 15.8. The average Bonchev–Trinajstić information content (AvgIpc) is 3.22. The van der Waals surface area contributed by atoms with Gasteiger partial charge in [-0.25, -0.2) is 14.4 Å². The highest BCUT2D eigenvalue weighted by Crippen LogP contribution is 2.51. The molecule has 1 atom stereocenters. The van der Waals surface area contributed by atoms with Crippen LogP contribution in [-0.2, 0) is 5.92 Å². The third kappa shape index (κ3) is 4.76. The van der Waals surface area contributed by atoms with E-state index in [4.69, 9.17) is 4.74 Å². The van der Waals surface area contributed by atoms with E-state index in [9.17, 15) is 14.4 Å². The number of halogens is 3. The molecule has 1 N–H and O–H groups in total. The number of rotatable bonds is 6. The van der Waals surface area contributed by atoms with E-state index in [2.05, 4.69) is 15.3 Å². The largest absolute Gasteiger partial charge is 0.490 e. The predicted octanol–water partition coefficient (Wildman–Crippen LogP) is 5.42. The number of fused-ring (bicyclic) bond motifs is 3. The molecule has 2 aliphatic rings. The van der Waals surface area contributed by atoms with Crippen LogP contribution in [0, 0.1) is 23.1 Å². The van der Waals surface area contributed by atoms with Crippen LogP contribution in [-0.4, -0.2) is 34.2 Å². The number of piperidine rings is 1. The van der Waals surface area contributed by atoms with Crippen LogP contribution in [0.3, 0.4) is 0 Å². The van der Waals surface area contributed by atoms with Crippen LogP contribution in [0.5, 0.6) is 5.75 Å². The van der Waals surface area contributed by atoms with Crippen molar-refractivity contribution in [2.75, 3.05) is 19.7 Å². The lowest BCUT2D eigenvalue weighted by molar-refractivity contribution is 0.0374. The lowest BCUT2D eigenvalue weighted by atomic mass is 9.99. The minimum Gasteiger partial charge on any atom is -0.490 e. The molecule has 7 nitrogen and oxygen atoms in total. The third-order valence-electron chi connectivity index (χ3n) is 7.85. The topological polar surface area (TPSA) is 92.8 Å². The quantitative estimate of drug-likeness (QED) is 0.340. The summed E-state index contributed by atoms with van der Waals surface area (Å²) >= 11 is 0. The number of hydrogen-bond donors (Lipinski definition) is 1. The van der Waals surface area contributed by atoms with Crippen LogP contribution in [0.25, 0.3) is 22.5 Å². The minimum absolute atomic E-state index is 0.0357. The molecule has 1 unspecified atom stereocenters. The van der Waals surface area contributed by atoms with E-state index in [1.807, 2.05) is 6.07 Å². The van der Waals surface area contributed by atoms with Gasteiger partial charge in [0, 0.05) is 16.7 Å². The molecule has 0 spiro atoms. The number of nitriles is 1. The van der Waals surface area contributed by atoms with Gasteiger partial charge in [0.1, 0.15) is 5.69 Å². The van der Waals surface area contributed by atoms with Gasteiger partial charge in [0.2, 0.25) is 0 Å². The number of alkyl halides is 2. The summed E-state index contributed by atoms with van der Waals surface area (Å²) in [7, 11) is 0. The molecular formula is C31H26F3N5O2. The fraction of sp³-hybridized carbons (Fsp3) is 0.290. The molecule has 10 heteroatoms. The van der Waals surface area contributed by atoms with E-state index < -0.39 is 29.0 Å². The van der Waals surface area contributed by atoms with Gasteiger partial charge in [0.15, 0.2) is 17.4 Å². The molecule has 208 valence electrons. The Labute approximate surface area is 234 Å². The molecule has 4 aromatic rings. The van der Waals surface area contributed by atoms with Gasteiger partial charge in [0.25, 0.3) is 5.56 Å². The predicted molar refractivity (Wildman–Crippen MR) is 146 cm³/mol. The summed E-state index contributed by atoms with van der Waals surface area (Å²) in [5, 5.41) is 12.6. The van der Waals surface area contributed by atoms with Crippen LogP contribution < -0.4 is 15.6 Å². The lowest BCUT2D eigenvalue weighted by Gasteiger charge is -2.24. The van der Waals surface area contributed by atoms with Crippen LogP contribution in [0.2, 0.25) is 0 Å². The van der Waals surface area contributed by atoms with E-state index in [0.717, 1.165) is 42.6 Å². The Bertz CT molecular complexity index is 1720. The van der Waals surface area contributed by atoms with Gasteiger partial charge in [-0.15, -0.1) is 0 Å². The van der Waals surface area contributed by atoms with E-state index in [1.54, 1.807) is 43.6 Å². The van der Waals surface area contributed by atoms with Crippen molar-refractivity contribution in [1.82, 2.24) is 19.9 Å². The van der Waals surface area contributed by atoms with E-state index in [0.29, 0.717) is 35.2 Å². The molecular weight excluding hydrogens is 531 g/mol. The zero-order valence-electron chi connectivity index (χ0n) is 22.2. The Morgan fingerprint density at radius 2 is 1.88 bits per heavy atom. The van der Waals surface area contributed by atoms with Crippen LogP contribution in [0.1, 0.15) is 48.2 Å². The maximum absolute atomic E-state index is 15.8. The first kappa shape index (κ1) is 26.7. The molecule has 41 heavy (non-hydrogen) atoms. The summed E-state index contributed by atoms with van der Waals surface area (Å²) in [4.78, 5) is 21.9. The number of nitrogens with one attached hydrogen (secondary N) is 1. The van der Waals surface area contributed by atoms with Crippen molar-refractivity contribution in [1.29, 1.82) is 5.26 Å². The second-order valence-corrected chi connectivity index (χ2v) is 10.4. The smallest absolute Gasteiger partial charge is 0.314 e. The lowest BCUT2D eigenvalue weighted by Crippen LogP contribution is -2.33. The fourth-order valence-electron chi connectivity index (χ4n) is 5.63. The SMILES string of the molecule is CC(c1cccc(-c2ncc(OCC3CCNCC3)cn2)c1)n1c2c(cc(F)c1=O)-c1cc(C#N)ccc1C2(F)F. The van der Waals surface area contributed by atoms with Crippen molar-refractivity contribution >= 4 is 0 Å². The Morgan fingerprint density at radius 1 is 1.12 bits per heavy atom. The Balaban J connectivity index is 1.32. The first-order chi connectivity index (χ1) is 19.8. The molecule has 1 aliphatic heterocycles. The molecule has 0 amide bonds. The normalized spacial score (nSPS) is 16.5. The van der Waals surface area contributed by atoms with Gasteiger partial charge >= 0.3 is 5.92 Å². The first-order valence-corrected chi connectivity index (χ1v) is 13.4. The Hall–Kier alpha value is -4.49. The monoisotopic (exact) mass is 557 g/mol. The summed E-state index contributed by atoms with van der Waals surface area (Å²) in [5.41, 5.74) is -0.930. The van der Waals surface area contributed by atoms with E-state index in [-0.39, 0.29) is 22.3 Å². The number of nitrogens with zero attached hydrogens (tertiary/aromatic N) is 4. The van der Waals surface area contributed by atoms with Crippen molar-refractivity contribution in [3.63, 3.8) is 0 Å². The van der Waals surface area contributed by atoms with Crippen molar-refractivity contribution in [3.8, 4) is 34.3 Å². The molecule has 1 saturated heterocycles. The Morgan fingerprint density at radius 3 is 2.61 bits per heavy atom. The summed E-state index contributed by atoms with van der Waals surface area (Å²) in [5.74, 6) is -3.28. The molecule has 2 aromatic carbocycles. The van der Waals surface area contributed by atoms with Crippen molar-refractivity contribution in [3.05, 3.63) is 99.5 Å². The van der Waals surface area contributed by atoms with Gasteiger partial charge in [-0.3, -0.25) is 9.36 Å². The van der Waals surface area contributed by atoms with Gasteiger partial charge in [-0.05, 0) is 74.2 Å². The number of hydrogen-bond acceptors (Lipinski definition) is 6. The molecule has 2 aromatic heterocycles. The summed E-state index contributed by atoms with van der Waals surface area (Å²) in [6, 6.07) is 12.4. The molecule has 3 heterocycles. The van der Waals surface area contributed by atoms with Crippen LogP contribution in [0.15, 0.2) is 65.7 Å². The van der Waals surface area contributed by atoms with E-state index >= 15 is 8.78 Å².